The molecule has 0 aromatic heterocycles. The van der Waals surface area contributed by atoms with Crippen LogP contribution in [0.1, 0.15) is 6.92 Å². The summed E-state index contributed by atoms with van der Waals surface area (Å²) in [6.45, 7) is 5.85. The minimum Gasteiger partial charge on any atom is -0.485 e. The number of piperazine rings is 1. The average Bonchev–Trinajstić information content (AvgIpc) is 2.61. The molecule has 1 amide bonds. The van der Waals surface area contributed by atoms with Gasteiger partial charge in [-0.15, -0.1) is 0 Å². The van der Waals surface area contributed by atoms with Gasteiger partial charge in [-0.1, -0.05) is 12.1 Å². The first-order valence-electron chi connectivity index (χ1n) is 7.89. The molecule has 1 saturated heterocycles. The van der Waals surface area contributed by atoms with E-state index in [1.54, 1.807) is 0 Å². The molecule has 3 rings (SSSR count). The Morgan fingerprint density at radius 3 is 2.57 bits per heavy atom. The number of ether oxygens (including phenoxy) is 2. The van der Waals surface area contributed by atoms with Gasteiger partial charge in [0, 0.05) is 32.7 Å². The molecule has 0 saturated carbocycles. The van der Waals surface area contributed by atoms with Crippen LogP contribution in [0.3, 0.4) is 0 Å². The second kappa shape index (κ2) is 7.04. The average molecular weight is 335 g/mol. The molecule has 7 heteroatoms. The lowest BCUT2D eigenvalue weighted by Crippen LogP contribution is -2.56. The number of carbonyl (C=O) groups excluding carboxylic acids is 1. The van der Waals surface area contributed by atoms with E-state index in [0.717, 1.165) is 24.7 Å². The lowest BCUT2D eigenvalue weighted by molar-refractivity contribution is -0.142. The van der Waals surface area contributed by atoms with Crippen LogP contribution in [-0.4, -0.2) is 66.3 Å². The molecule has 124 valence electrons. The van der Waals surface area contributed by atoms with E-state index in [1.165, 1.54) is 0 Å². The first-order chi connectivity index (χ1) is 11.2. The number of fused-ring (bicyclic) bond motifs is 1. The minimum atomic E-state index is -0.572. The molecule has 1 aromatic rings. The molecule has 1 fully saturated rings. The lowest BCUT2D eigenvalue weighted by Gasteiger charge is -2.38. The van der Waals surface area contributed by atoms with Gasteiger partial charge in [-0.3, -0.25) is 4.79 Å². The highest BCUT2D eigenvalue weighted by Gasteiger charge is 2.32. The molecule has 0 unspecified atom stereocenters. The summed E-state index contributed by atoms with van der Waals surface area (Å²) >= 11 is 5.31. The summed E-state index contributed by atoms with van der Waals surface area (Å²) in [4.78, 5) is 16.5. The van der Waals surface area contributed by atoms with Crippen molar-refractivity contribution >= 4 is 23.2 Å². The Hall–Kier alpha value is -2.02. The summed E-state index contributed by atoms with van der Waals surface area (Å²) in [5.74, 6) is 1.30. The summed E-state index contributed by atoms with van der Waals surface area (Å²) in [6.07, 6.45) is -0.572. The van der Waals surface area contributed by atoms with E-state index in [9.17, 15) is 4.79 Å². The molecule has 23 heavy (non-hydrogen) atoms. The number of amides is 1. The van der Waals surface area contributed by atoms with Gasteiger partial charge in [-0.2, -0.15) is 0 Å². The smallest absolute Gasteiger partial charge is 0.267 e. The normalized spacial score (nSPS) is 20.1. The van der Waals surface area contributed by atoms with E-state index >= 15 is 0 Å². The second-order valence-electron chi connectivity index (χ2n) is 5.51. The first-order valence-corrected chi connectivity index (χ1v) is 8.30. The standard InChI is InChI=1S/C16H21N3O3S/c1-2-17-16(23)19-9-7-18(8-10-19)15(20)14-11-21-12-5-3-4-6-13(12)22-14/h3-6,14H,2,7-11H2,1H3,(H,17,23)/t14-/m1/s1. The Bertz CT molecular complexity index is 588. The first kappa shape index (κ1) is 15.9. The number of hydrogen-bond donors (Lipinski definition) is 1. The van der Waals surface area contributed by atoms with Crippen molar-refractivity contribution in [3.05, 3.63) is 24.3 Å². The summed E-state index contributed by atoms with van der Waals surface area (Å²) in [7, 11) is 0. The zero-order valence-electron chi connectivity index (χ0n) is 13.2. The van der Waals surface area contributed by atoms with Crippen molar-refractivity contribution < 1.29 is 14.3 Å². The molecule has 2 heterocycles. The van der Waals surface area contributed by atoms with Crippen LogP contribution in [0.5, 0.6) is 11.5 Å². The maximum absolute atomic E-state index is 12.6. The largest absolute Gasteiger partial charge is 0.485 e. The van der Waals surface area contributed by atoms with Crippen molar-refractivity contribution in [2.75, 3.05) is 39.3 Å². The summed E-state index contributed by atoms with van der Waals surface area (Å²) in [5, 5.41) is 3.90. The third-order valence-electron chi connectivity index (χ3n) is 3.99. The number of para-hydroxylation sites is 2. The van der Waals surface area contributed by atoms with Crippen molar-refractivity contribution in [3.63, 3.8) is 0 Å². The predicted octanol–water partition coefficient (Wildman–Crippen LogP) is 0.865. The van der Waals surface area contributed by atoms with Gasteiger partial charge in [0.25, 0.3) is 5.91 Å². The van der Waals surface area contributed by atoms with Crippen molar-refractivity contribution in [1.29, 1.82) is 0 Å². The third kappa shape index (κ3) is 3.50. The monoisotopic (exact) mass is 335 g/mol. The predicted molar refractivity (Wildman–Crippen MR) is 90.8 cm³/mol. The highest BCUT2D eigenvalue weighted by atomic mass is 32.1. The molecule has 0 radical (unpaired) electrons. The number of nitrogens with zero attached hydrogens (tertiary/aromatic N) is 2. The van der Waals surface area contributed by atoms with Gasteiger partial charge in [0.05, 0.1) is 0 Å². The van der Waals surface area contributed by atoms with Crippen LogP contribution in [0.15, 0.2) is 24.3 Å². The summed E-state index contributed by atoms with van der Waals surface area (Å²) < 4.78 is 11.4. The molecule has 6 nitrogen and oxygen atoms in total. The van der Waals surface area contributed by atoms with Crippen molar-refractivity contribution in [3.8, 4) is 11.5 Å². The quantitative estimate of drug-likeness (QED) is 0.810. The molecule has 0 spiro atoms. The van der Waals surface area contributed by atoms with E-state index in [1.807, 2.05) is 36.1 Å². The van der Waals surface area contributed by atoms with E-state index in [-0.39, 0.29) is 12.5 Å². The van der Waals surface area contributed by atoms with Gasteiger partial charge in [0.1, 0.15) is 6.61 Å². The molecule has 2 aliphatic rings. The Morgan fingerprint density at radius 2 is 1.87 bits per heavy atom. The number of thiocarbonyl (C=S) groups is 1. The van der Waals surface area contributed by atoms with E-state index < -0.39 is 6.10 Å². The van der Waals surface area contributed by atoms with E-state index in [4.69, 9.17) is 21.7 Å². The highest BCUT2D eigenvalue weighted by Crippen LogP contribution is 2.31. The highest BCUT2D eigenvalue weighted by molar-refractivity contribution is 7.80. The van der Waals surface area contributed by atoms with Crippen molar-refractivity contribution in [2.24, 2.45) is 0 Å². The molecular weight excluding hydrogens is 314 g/mol. The van der Waals surface area contributed by atoms with Crippen LogP contribution in [-0.2, 0) is 4.79 Å². The zero-order chi connectivity index (χ0) is 16.2. The van der Waals surface area contributed by atoms with E-state index in [0.29, 0.717) is 24.6 Å². The number of rotatable bonds is 2. The second-order valence-corrected chi connectivity index (χ2v) is 5.90. The van der Waals surface area contributed by atoms with Gasteiger partial charge < -0.3 is 24.6 Å². The number of benzene rings is 1. The molecule has 0 aliphatic carbocycles. The molecule has 1 N–H and O–H groups in total. The molecule has 0 bridgehead atoms. The van der Waals surface area contributed by atoms with Gasteiger partial charge in [0.2, 0.25) is 6.10 Å². The summed E-state index contributed by atoms with van der Waals surface area (Å²) in [6, 6.07) is 7.42. The maximum Gasteiger partial charge on any atom is 0.267 e. The van der Waals surface area contributed by atoms with Gasteiger partial charge >= 0.3 is 0 Å². The fourth-order valence-electron chi connectivity index (χ4n) is 2.74. The van der Waals surface area contributed by atoms with Gasteiger partial charge in [0.15, 0.2) is 16.6 Å². The van der Waals surface area contributed by atoms with Crippen LogP contribution >= 0.6 is 12.2 Å². The lowest BCUT2D eigenvalue weighted by atomic mass is 10.2. The van der Waals surface area contributed by atoms with E-state index in [2.05, 4.69) is 10.2 Å². The Balaban J connectivity index is 1.55. The fourth-order valence-corrected chi connectivity index (χ4v) is 3.06. The number of nitrogens with one attached hydrogen (secondary N) is 1. The molecule has 1 atom stereocenters. The molecular formula is C16H21N3O3S. The van der Waals surface area contributed by atoms with Crippen LogP contribution < -0.4 is 14.8 Å². The van der Waals surface area contributed by atoms with Crippen LogP contribution in [0.4, 0.5) is 0 Å². The van der Waals surface area contributed by atoms with Crippen molar-refractivity contribution in [1.82, 2.24) is 15.1 Å². The SMILES string of the molecule is CCNC(=S)N1CCN(C(=O)[C@H]2COc3ccccc3O2)CC1. The Kier molecular flexibility index (Phi) is 4.85. The number of carbonyl (C=O) groups is 1. The van der Waals surface area contributed by atoms with Crippen molar-refractivity contribution in [2.45, 2.75) is 13.0 Å². The Morgan fingerprint density at radius 1 is 1.22 bits per heavy atom. The van der Waals surface area contributed by atoms with Gasteiger partial charge in [-0.25, -0.2) is 0 Å². The molecule has 2 aliphatic heterocycles. The molecule has 1 aromatic carbocycles. The topological polar surface area (TPSA) is 54.0 Å². The zero-order valence-corrected chi connectivity index (χ0v) is 14.0. The van der Waals surface area contributed by atoms with Crippen LogP contribution in [0.25, 0.3) is 0 Å². The van der Waals surface area contributed by atoms with Crippen LogP contribution in [0, 0.1) is 0 Å². The van der Waals surface area contributed by atoms with Crippen LogP contribution in [0.2, 0.25) is 0 Å². The minimum absolute atomic E-state index is 0.0199. The summed E-state index contributed by atoms with van der Waals surface area (Å²) in [5.41, 5.74) is 0. The number of hydrogen-bond acceptors (Lipinski definition) is 4. The van der Waals surface area contributed by atoms with Gasteiger partial charge in [-0.05, 0) is 31.3 Å². The fraction of sp³-hybridized carbons (Fsp3) is 0.500. The third-order valence-corrected chi connectivity index (χ3v) is 4.39. The Labute approximate surface area is 141 Å². The maximum atomic E-state index is 12.6.